The molecule has 0 N–H and O–H groups in total. The summed E-state index contributed by atoms with van der Waals surface area (Å²) < 4.78 is 41.3. The monoisotopic (exact) mass is 359 g/mol. The highest BCUT2D eigenvalue weighted by molar-refractivity contribution is 7.13. The maximum absolute atomic E-state index is 13.4. The van der Waals surface area contributed by atoms with E-state index in [-0.39, 0.29) is 0 Å². The predicted octanol–water partition coefficient (Wildman–Crippen LogP) is 5.48. The van der Waals surface area contributed by atoms with Crippen LogP contribution in [0.4, 0.5) is 13.2 Å². The van der Waals surface area contributed by atoms with Crippen LogP contribution in [0.3, 0.4) is 0 Å². The Morgan fingerprint density at radius 1 is 1.04 bits per heavy atom. The summed E-state index contributed by atoms with van der Waals surface area (Å²) in [6.45, 7) is 1.55. The van der Waals surface area contributed by atoms with Crippen LogP contribution in [0.1, 0.15) is 11.4 Å². The molecule has 0 atom stereocenters. The molecule has 3 heterocycles. The van der Waals surface area contributed by atoms with Crippen LogP contribution in [0.15, 0.2) is 53.9 Å². The molecular weight excluding hydrogens is 347 g/mol. The predicted molar refractivity (Wildman–Crippen MR) is 91.9 cm³/mol. The molecule has 0 aliphatic rings. The SMILES string of the molecule is Cc1cc(C(F)(F)F)n(-c2cc(-c3cccs3)nc3ccccc23)n1. The summed E-state index contributed by atoms with van der Waals surface area (Å²) in [5.41, 5.74) is 1.15. The molecule has 25 heavy (non-hydrogen) atoms. The summed E-state index contributed by atoms with van der Waals surface area (Å²) in [6.07, 6.45) is -4.49. The zero-order valence-electron chi connectivity index (χ0n) is 13.1. The fraction of sp³-hybridized carbons (Fsp3) is 0.111. The summed E-state index contributed by atoms with van der Waals surface area (Å²) >= 11 is 1.49. The number of rotatable bonds is 2. The number of hydrogen-bond donors (Lipinski definition) is 0. The summed E-state index contributed by atoms with van der Waals surface area (Å²) in [5, 5.41) is 6.62. The Hall–Kier alpha value is -2.67. The van der Waals surface area contributed by atoms with Crippen LogP contribution in [-0.4, -0.2) is 14.8 Å². The van der Waals surface area contributed by atoms with Crippen LogP contribution in [0, 0.1) is 6.92 Å². The van der Waals surface area contributed by atoms with Crippen LogP contribution in [0.2, 0.25) is 0 Å². The third kappa shape index (κ3) is 2.80. The van der Waals surface area contributed by atoms with Crippen molar-refractivity contribution in [3.8, 4) is 16.3 Å². The molecule has 3 nitrogen and oxygen atoms in total. The minimum Gasteiger partial charge on any atom is -0.247 e. The number of aromatic nitrogens is 3. The van der Waals surface area contributed by atoms with E-state index in [1.807, 2.05) is 23.6 Å². The molecule has 0 radical (unpaired) electrons. The summed E-state index contributed by atoms with van der Waals surface area (Å²) in [7, 11) is 0. The van der Waals surface area contributed by atoms with E-state index in [1.165, 1.54) is 11.3 Å². The van der Waals surface area contributed by atoms with Gasteiger partial charge in [-0.15, -0.1) is 11.3 Å². The maximum atomic E-state index is 13.4. The second-order valence-corrected chi connectivity index (χ2v) is 6.55. The quantitative estimate of drug-likeness (QED) is 0.475. The maximum Gasteiger partial charge on any atom is 0.433 e. The number of pyridine rings is 1. The number of fused-ring (bicyclic) bond motifs is 1. The van der Waals surface area contributed by atoms with Crippen LogP contribution < -0.4 is 0 Å². The zero-order valence-corrected chi connectivity index (χ0v) is 13.9. The van der Waals surface area contributed by atoms with Crippen molar-refractivity contribution in [2.45, 2.75) is 13.1 Å². The molecule has 0 bridgehead atoms. The van der Waals surface area contributed by atoms with E-state index in [9.17, 15) is 13.2 Å². The Bertz CT molecular complexity index is 1050. The second-order valence-electron chi connectivity index (χ2n) is 5.60. The lowest BCUT2D eigenvalue weighted by atomic mass is 10.1. The first kappa shape index (κ1) is 15.8. The molecule has 0 fully saturated rings. The molecule has 3 aromatic heterocycles. The molecular formula is C18H12F3N3S. The number of aryl methyl sites for hydroxylation is 1. The fourth-order valence-corrected chi connectivity index (χ4v) is 3.45. The molecule has 0 saturated carbocycles. The minimum absolute atomic E-state index is 0.311. The van der Waals surface area contributed by atoms with Crippen molar-refractivity contribution >= 4 is 22.2 Å². The van der Waals surface area contributed by atoms with Gasteiger partial charge in [0.2, 0.25) is 0 Å². The number of hydrogen-bond acceptors (Lipinski definition) is 3. The van der Waals surface area contributed by atoms with Crippen LogP contribution in [0.25, 0.3) is 27.2 Å². The highest BCUT2D eigenvalue weighted by Gasteiger charge is 2.36. The van der Waals surface area contributed by atoms with Crippen molar-refractivity contribution in [1.29, 1.82) is 0 Å². The van der Waals surface area contributed by atoms with Gasteiger partial charge in [-0.2, -0.15) is 18.3 Å². The van der Waals surface area contributed by atoms with Gasteiger partial charge in [-0.25, -0.2) is 9.67 Å². The molecule has 0 aliphatic carbocycles. The van der Waals surface area contributed by atoms with Gasteiger partial charge in [-0.3, -0.25) is 0 Å². The number of alkyl halides is 3. The number of thiophene rings is 1. The standard InChI is InChI=1S/C18H12F3N3S/c1-11-9-17(18(19,20)21)24(23-11)15-10-14(16-7-4-8-25-16)22-13-6-3-2-5-12(13)15/h2-10H,1H3. The summed E-state index contributed by atoms with van der Waals surface area (Å²) in [4.78, 5) is 5.48. The summed E-state index contributed by atoms with van der Waals surface area (Å²) in [5.74, 6) is 0. The van der Waals surface area contributed by atoms with E-state index >= 15 is 0 Å². The Balaban J connectivity index is 2.05. The molecule has 7 heteroatoms. The van der Waals surface area contributed by atoms with Crippen molar-refractivity contribution < 1.29 is 13.2 Å². The van der Waals surface area contributed by atoms with Crippen LogP contribution in [0.5, 0.6) is 0 Å². The Morgan fingerprint density at radius 3 is 2.56 bits per heavy atom. The lowest BCUT2D eigenvalue weighted by Crippen LogP contribution is -2.13. The molecule has 0 saturated heterocycles. The van der Waals surface area contributed by atoms with Crippen molar-refractivity contribution in [2.75, 3.05) is 0 Å². The van der Waals surface area contributed by atoms with Gasteiger partial charge in [-0.05, 0) is 36.6 Å². The van der Waals surface area contributed by atoms with E-state index in [2.05, 4.69) is 10.1 Å². The van der Waals surface area contributed by atoms with E-state index in [0.717, 1.165) is 15.6 Å². The lowest BCUT2D eigenvalue weighted by Gasteiger charge is -2.13. The Labute approximate surface area is 145 Å². The first-order valence-corrected chi connectivity index (χ1v) is 8.39. The summed E-state index contributed by atoms with van der Waals surface area (Å²) in [6, 6.07) is 13.6. The van der Waals surface area contributed by atoms with Crippen molar-refractivity contribution in [3.63, 3.8) is 0 Å². The topological polar surface area (TPSA) is 30.7 Å². The number of halogens is 3. The van der Waals surface area contributed by atoms with Gasteiger partial charge in [-0.1, -0.05) is 24.3 Å². The molecule has 0 amide bonds. The number of nitrogens with zero attached hydrogens (tertiary/aromatic N) is 3. The molecule has 4 rings (SSSR count). The smallest absolute Gasteiger partial charge is 0.247 e. The Morgan fingerprint density at radius 2 is 1.84 bits per heavy atom. The molecule has 0 unspecified atom stereocenters. The van der Waals surface area contributed by atoms with E-state index in [4.69, 9.17) is 0 Å². The van der Waals surface area contributed by atoms with Gasteiger partial charge in [0.25, 0.3) is 0 Å². The largest absolute Gasteiger partial charge is 0.433 e. The highest BCUT2D eigenvalue weighted by atomic mass is 32.1. The van der Waals surface area contributed by atoms with Crippen molar-refractivity contribution in [2.24, 2.45) is 0 Å². The van der Waals surface area contributed by atoms with Gasteiger partial charge >= 0.3 is 6.18 Å². The van der Waals surface area contributed by atoms with Crippen molar-refractivity contribution in [3.05, 3.63) is 65.3 Å². The third-order valence-electron chi connectivity index (χ3n) is 3.82. The number of benzene rings is 1. The molecule has 126 valence electrons. The zero-order chi connectivity index (χ0) is 17.6. The average Bonchev–Trinajstić information content (AvgIpc) is 3.23. The van der Waals surface area contributed by atoms with E-state index in [1.54, 1.807) is 31.2 Å². The van der Waals surface area contributed by atoms with Gasteiger partial charge in [0.1, 0.15) is 5.69 Å². The van der Waals surface area contributed by atoms with Gasteiger partial charge in [0, 0.05) is 5.39 Å². The molecule has 0 spiro atoms. The Kier molecular flexibility index (Phi) is 3.61. The average molecular weight is 359 g/mol. The lowest BCUT2D eigenvalue weighted by molar-refractivity contribution is -0.142. The first-order valence-electron chi connectivity index (χ1n) is 7.51. The van der Waals surface area contributed by atoms with E-state index < -0.39 is 11.9 Å². The van der Waals surface area contributed by atoms with Crippen LogP contribution >= 0.6 is 11.3 Å². The minimum atomic E-state index is -4.49. The number of para-hydroxylation sites is 1. The molecule has 4 aromatic rings. The highest BCUT2D eigenvalue weighted by Crippen LogP contribution is 2.35. The molecule has 1 aromatic carbocycles. The van der Waals surface area contributed by atoms with Gasteiger partial charge < -0.3 is 0 Å². The van der Waals surface area contributed by atoms with Gasteiger partial charge in [0.15, 0.2) is 0 Å². The second kappa shape index (κ2) is 5.70. The van der Waals surface area contributed by atoms with E-state index in [0.29, 0.717) is 28.0 Å². The molecule has 0 aliphatic heterocycles. The van der Waals surface area contributed by atoms with Crippen LogP contribution in [-0.2, 0) is 6.18 Å². The first-order chi connectivity index (χ1) is 11.9. The van der Waals surface area contributed by atoms with Crippen molar-refractivity contribution in [1.82, 2.24) is 14.8 Å². The normalized spacial score (nSPS) is 12.0. The fourth-order valence-electron chi connectivity index (χ4n) is 2.77. The van der Waals surface area contributed by atoms with Gasteiger partial charge in [0.05, 0.1) is 27.5 Å². The third-order valence-corrected chi connectivity index (χ3v) is 4.71.